The zero-order chi connectivity index (χ0) is 15.3. The molecule has 2 aromatic rings. The highest BCUT2D eigenvalue weighted by molar-refractivity contribution is 7.98. The van der Waals surface area contributed by atoms with Crippen molar-refractivity contribution in [2.75, 3.05) is 12.4 Å². The van der Waals surface area contributed by atoms with Gasteiger partial charge in [0.25, 0.3) is 0 Å². The first-order valence-electron chi connectivity index (χ1n) is 6.90. The van der Waals surface area contributed by atoms with Crippen molar-refractivity contribution < 1.29 is 4.74 Å². The second kappa shape index (κ2) is 6.85. The van der Waals surface area contributed by atoms with E-state index in [1.54, 1.807) is 11.8 Å². The van der Waals surface area contributed by atoms with E-state index in [1.807, 2.05) is 12.1 Å². The van der Waals surface area contributed by atoms with Gasteiger partial charge in [-0.2, -0.15) is 16.9 Å². The highest BCUT2D eigenvalue weighted by atomic mass is 32.2. The van der Waals surface area contributed by atoms with Gasteiger partial charge in [-0.1, -0.05) is 32.9 Å². The number of aromatic nitrogens is 3. The molecule has 2 N–H and O–H groups in total. The number of benzene rings is 1. The molecule has 0 bridgehead atoms. The molecule has 0 amide bonds. The number of nitrogens with one attached hydrogen (secondary N) is 2. The standard InChI is InChI=1S/C15H21N3O2S/c1-15(2,3)11-4-6-12(7-5-11)20-8-9-21-10-13-16-14(19)18-17-13/h4-7H,8-10H2,1-3H3,(H2,16,17,18,19). The molecule has 0 saturated heterocycles. The quantitative estimate of drug-likeness (QED) is 0.805. The molecule has 0 radical (unpaired) electrons. The Morgan fingerprint density at radius 1 is 1.24 bits per heavy atom. The highest BCUT2D eigenvalue weighted by Crippen LogP contribution is 2.24. The summed E-state index contributed by atoms with van der Waals surface area (Å²) in [5.41, 5.74) is 1.20. The lowest BCUT2D eigenvalue weighted by molar-refractivity contribution is 0.343. The third kappa shape index (κ3) is 4.97. The summed E-state index contributed by atoms with van der Waals surface area (Å²) in [7, 11) is 0. The van der Waals surface area contributed by atoms with Gasteiger partial charge >= 0.3 is 5.69 Å². The number of hydrogen-bond acceptors (Lipinski definition) is 4. The summed E-state index contributed by atoms with van der Waals surface area (Å²) in [6, 6.07) is 8.24. The van der Waals surface area contributed by atoms with Crippen LogP contribution in [0.2, 0.25) is 0 Å². The van der Waals surface area contributed by atoms with Crippen molar-refractivity contribution in [1.29, 1.82) is 0 Å². The molecule has 0 aliphatic heterocycles. The summed E-state index contributed by atoms with van der Waals surface area (Å²) in [6.07, 6.45) is 0. The van der Waals surface area contributed by atoms with E-state index in [0.717, 1.165) is 11.5 Å². The third-order valence-electron chi connectivity index (χ3n) is 3.01. The number of hydrogen-bond donors (Lipinski definition) is 2. The van der Waals surface area contributed by atoms with Crippen LogP contribution >= 0.6 is 11.8 Å². The molecule has 1 heterocycles. The van der Waals surface area contributed by atoms with Crippen molar-refractivity contribution in [2.45, 2.75) is 31.9 Å². The number of nitrogens with zero attached hydrogens (tertiary/aromatic N) is 1. The van der Waals surface area contributed by atoms with Crippen LogP contribution in [-0.4, -0.2) is 27.5 Å². The molecule has 21 heavy (non-hydrogen) atoms. The Labute approximate surface area is 128 Å². The first kappa shape index (κ1) is 15.7. The van der Waals surface area contributed by atoms with E-state index in [4.69, 9.17) is 4.74 Å². The fourth-order valence-electron chi connectivity index (χ4n) is 1.81. The minimum atomic E-state index is -0.263. The molecule has 0 atom stereocenters. The van der Waals surface area contributed by atoms with Crippen molar-refractivity contribution in [3.63, 3.8) is 0 Å². The molecular weight excluding hydrogens is 286 g/mol. The van der Waals surface area contributed by atoms with Crippen LogP contribution in [0.5, 0.6) is 5.75 Å². The minimum absolute atomic E-state index is 0.162. The molecular formula is C15H21N3O2S. The Kier molecular flexibility index (Phi) is 5.12. The van der Waals surface area contributed by atoms with Gasteiger partial charge < -0.3 is 4.74 Å². The summed E-state index contributed by atoms with van der Waals surface area (Å²) in [6.45, 7) is 7.21. The van der Waals surface area contributed by atoms with E-state index in [9.17, 15) is 4.79 Å². The Hall–Kier alpha value is -1.69. The molecule has 0 spiro atoms. The molecule has 1 aromatic carbocycles. The average molecular weight is 307 g/mol. The molecule has 0 saturated carbocycles. The fraction of sp³-hybridized carbons (Fsp3) is 0.467. The van der Waals surface area contributed by atoms with Crippen LogP contribution in [0.15, 0.2) is 29.1 Å². The number of H-pyrrole nitrogens is 2. The summed E-state index contributed by atoms with van der Waals surface area (Å²) >= 11 is 1.67. The first-order valence-corrected chi connectivity index (χ1v) is 8.05. The molecule has 2 rings (SSSR count). The van der Waals surface area contributed by atoms with Gasteiger partial charge in [-0.25, -0.2) is 9.89 Å². The van der Waals surface area contributed by atoms with Crippen molar-refractivity contribution in [3.05, 3.63) is 46.1 Å². The van der Waals surface area contributed by atoms with Gasteiger partial charge in [-0.3, -0.25) is 4.98 Å². The molecule has 0 aliphatic carbocycles. The van der Waals surface area contributed by atoms with Gasteiger partial charge in [-0.05, 0) is 23.1 Å². The smallest absolute Gasteiger partial charge is 0.340 e. The van der Waals surface area contributed by atoms with E-state index >= 15 is 0 Å². The lowest BCUT2D eigenvalue weighted by Crippen LogP contribution is -2.10. The maximum atomic E-state index is 10.9. The number of ether oxygens (including phenoxy) is 1. The molecule has 0 aliphatic rings. The lowest BCUT2D eigenvalue weighted by atomic mass is 9.87. The Morgan fingerprint density at radius 3 is 2.52 bits per heavy atom. The minimum Gasteiger partial charge on any atom is -0.493 e. The predicted octanol–water partition coefficient (Wildman–Crippen LogP) is 2.71. The molecule has 0 unspecified atom stereocenters. The largest absolute Gasteiger partial charge is 0.493 e. The number of thioether (sulfide) groups is 1. The molecule has 6 heteroatoms. The summed E-state index contributed by atoms with van der Waals surface area (Å²) < 4.78 is 5.70. The van der Waals surface area contributed by atoms with Crippen LogP contribution in [0.25, 0.3) is 0 Å². The van der Waals surface area contributed by atoms with E-state index in [0.29, 0.717) is 18.2 Å². The molecule has 1 aromatic heterocycles. The lowest BCUT2D eigenvalue weighted by Gasteiger charge is -2.19. The van der Waals surface area contributed by atoms with E-state index in [1.165, 1.54) is 5.56 Å². The highest BCUT2D eigenvalue weighted by Gasteiger charge is 2.12. The van der Waals surface area contributed by atoms with Crippen LogP contribution in [0.4, 0.5) is 0 Å². The van der Waals surface area contributed by atoms with Gasteiger partial charge in [-0.15, -0.1) is 0 Å². The average Bonchev–Trinajstić information content (AvgIpc) is 2.84. The third-order valence-corrected chi connectivity index (χ3v) is 3.94. The fourth-order valence-corrected chi connectivity index (χ4v) is 2.49. The van der Waals surface area contributed by atoms with E-state index in [2.05, 4.69) is 48.1 Å². The van der Waals surface area contributed by atoms with Crippen LogP contribution in [0.1, 0.15) is 32.2 Å². The van der Waals surface area contributed by atoms with Gasteiger partial charge in [0.05, 0.1) is 12.4 Å². The SMILES string of the molecule is CC(C)(C)c1ccc(OCCSCc2n[nH]c(=O)[nH]2)cc1. The van der Waals surface area contributed by atoms with Crippen LogP contribution in [0, 0.1) is 0 Å². The van der Waals surface area contributed by atoms with Gasteiger partial charge in [0, 0.05) is 5.75 Å². The second-order valence-electron chi connectivity index (χ2n) is 5.80. The Balaban J connectivity index is 1.70. The maximum absolute atomic E-state index is 10.9. The molecule has 114 valence electrons. The first-order chi connectivity index (χ1) is 9.95. The summed E-state index contributed by atoms with van der Waals surface area (Å²) in [5.74, 6) is 3.07. The zero-order valence-electron chi connectivity index (χ0n) is 12.6. The van der Waals surface area contributed by atoms with Crippen LogP contribution in [-0.2, 0) is 11.2 Å². The predicted molar refractivity (Wildman–Crippen MR) is 86.0 cm³/mol. The topological polar surface area (TPSA) is 70.8 Å². The van der Waals surface area contributed by atoms with Crippen molar-refractivity contribution in [1.82, 2.24) is 15.2 Å². The number of aromatic amines is 2. The van der Waals surface area contributed by atoms with Gasteiger partial charge in [0.1, 0.15) is 11.6 Å². The molecule has 5 nitrogen and oxygen atoms in total. The van der Waals surface area contributed by atoms with Crippen molar-refractivity contribution in [3.8, 4) is 5.75 Å². The molecule has 0 fully saturated rings. The van der Waals surface area contributed by atoms with Crippen molar-refractivity contribution in [2.24, 2.45) is 0 Å². The van der Waals surface area contributed by atoms with Crippen molar-refractivity contribution >= 4 is 11.8 Å². The Bertz CT molecular complexity index is 611. The number of rotatable bonds is 6. The summed E-state index contributed by atoms with van der Waals surface area (Å²) in [4.78, 5) is 13.5. The zero-order valence-corrected chi connectivity index (χ0v) is 13.4. The van der Waals surface area contributed by atoms with E-state index in [-0.39, 0.29) is 11.1 Å². The Morgan fingerprint density at radius 2 is 1.95 bits per heavy atom. The van der Waals surface area contributed by atoms with Gasteiger partial charge in [0.15, 0.2) is 0 Å². The second-order valence-corrected chi connectivity index (χ2v) is 6.91. The van der Waals surface area contributed by atoms with Gasteiger partial charge in [0.2, 0.25) is 0 Å². The maximum Gasteiger partial charge on any atom is 0.340 e. The van der Waals surface area contributed by atoms with Crippen LogP contribution < -0.4 is 10.4 Å². The normalized spacial score (nSPS) is 11.6. The summed E-state index contributed by atoms with van der Waals surface area (Å²) in [5, 5.41) is 6.20. The van der Waals surface area contributed by atoms with E-state index < -0.39 is 0 Å². The monoisotopic (exact) mass is 307 g/mol. The van der Waals surface area contributed by atoms with Crippen LogP contribution in [0.3, 0.4) is 0 Å².